The van der Waals surface area contributed by atoms with Gasteiger partial charge in [0.15, 0.2) is 5.76 Å². The molecule has 0 saturated heterocycles. The van der Waals surface area contributed by atoms with Crippen LogP contribution in [0, 0.1) is 0 Å². The van der Waals surface area contributed by atoms with E-state index in [2.05, 4.69) is 16.3 Å². The molecule has 0 aliphatic carbocycles. The van der Waals surface area contributed by atoms with Crippen LogP contribution in [-0.4, -0.2) is 17.4 Å². The molecule has 0 fully saturated rings. The van der Waals surface area contributed by atoms with Crippen molar-refractivity contribution in [1.29, 1.82) is 0 Å². The number of ketones is 1. The van der Waals surface area contributed by atoms with E-state index in [0.717, 1.165) is 17.9 Å². The summed E-state index contributed by atoms with van der Waals surface area (Å²) in [5.74, 6) is 2.11. The van der Waals surface area contributed by atoms with Crippen LogP contribution in [0.4, 0.5) is 0 Å². The van der Waals surface area contributed by atoms with Crippen LogP contribution in [0.1, 0.15) is 26.6 Å². The Kier molecular flexibility index (Phi) is 3.65. The Morgan fingerprint density at radius 2 is 2.15 bits per heavy atom. The molecule has 130 valence electrons. The summed E-state index contributed by atoms with van der Waals surface area (Å²) < 4.78 is 17.1. The van der Waals surface area contributed by atoms with Crippen molar-refractivity contribution in [2.24, 2.45) is 0 Å². The van der Waals surface area contributed by atoms with E-state index in [9.17, 15) is 4.79 Å². The molecule has 5 rings (SSSR count). The van der Waals surface area contributed by atoms with Gasteiger partial charge in [0, 0.05) is 24.0 Å². The summed E-state index contributed by atoms with van der Waals surface area (Å²) >= 11 is 1.72. The van der Waals surface area contributed by atoms with Gasteiger partial charge in [-0.2, -0.15) is 0 Å². The number of thiophene rings is 1. The van der Waals surface area contributed by atoms with Crippen molar-refractivity contribution in [2.45, 2.75) is 13.1 Å². The topological polar surface area (TPSA) is 51.9 Å². The smallest absolute Gasteiger partial charge is 0.232 e. The molecule has 4 heterocycles. The number of Topliss-reactive ketones (excluding diaryl/α,β-unsaturated/α-hetero) is 1. The van der Waals surface area contributed by atoms with Gasteiger partial charge < -0.3 is 13.9 Å². The standard InChI is InChI=1S/C20H15NO4S/c22-19-15-5-6-17-16(11-21(12-24-17)10-14-4-2-8-26-14)20(15)25-18(19)9-13-3-1-7-23-13/h1-9H,10-12H2/b18-9-. The third kappa shape index (κ3) is 2.64. The zero-order valence-electron chi connectivity index (χ0n) is 13.8. The third-order valence-electron chi connectivity index (χ3n) is 4.46. The Bertz CT molecular complexity index is 989. The monoisotopic (exact) mass is 365 g/mol. The van der Waals surface area contributed by atoms with Gasteiger partial charge in [-0.3, -0.25) is 9.69 Å². The number of nitrogens with zero attached hydrogens (tertiary/aromatic N) is 1. The first kappa shape index (κ1) is 15.4. The van der Waals surface area contributed by atoms with E-state index in [1.807, 2.05) is 12.1 Å². The molecule has 2 aliphatic rings. The van der Waals surface area contributed by atoms with Crippen molar-refractivity contribution in [1.82, 2.24) is 4.90 Å². The van der Waals surface area contributed by atoms with Gasteiger partial charge >= 0.3 is 0 Å². The van der Waals surface area contributed by atoms with E-state index >= 15 is 0 Å². The molecule has 3 aromatic rings. The summed E-state index contributed by atoms with van der Waals surface area (Å²) in [7, 11) is 0. The summed E-state index contributed by atoms with van der Waals surface area (Å²) in [6.07, 6.45) is 3.19. The van der Waals surface area contributed by atoms with E-state index in [-0.39, 0.29) is 11.5 Å². The van der Waals surface area contributed by atoms with Crippen molar-refractivity contribution in [2.75, 3.05) is 6.73 Å². The third-order valence-corrected chi connectivity index (χ3v) is 5.32. The van der Waals surface area contributed by atoms with Crippen LogP contribution in [-0.2, 0) is 13.1 Å². The number of fused-ring (bicyclic) bond motifs is 3. The number of allylic oxidation sites excluding steroid dienone is 1. The molecule has 0 bridgehead atoms. The highest BCUT2D eigenvalue weighted by Gasteiger charge is 2.33. The van der Waals surface area contributed by atoms with Crippen molar-refractivity contribution < 1.29 is 18.7 Å². The van der Waals surface area contributed by atoms with Gasteiger partial charge in [-0.15, -0.1) is 11.3 Å². The fraction of sp³-hybridized carbons (Fsp3) is 0.150. The van der Waals surface area contributed by atoms with Crippen LogP contribution in [0.5, 0.6) is 11.5 Å². The Hall–Kier alpha value is -2.83. The SMILES string of the molecule is O=C1/C(=C/c2ccco2)Oc2c1ccc1c2CN(Cc2cccs2)CO1. The molecule has 6 heteroatoms. The van der Waals surface area contributed by atoms with Gasteiger partial charge in [0.25, 0.3) is 0 Å². The predicted molar refractivity (Wildman–Crippen MR) is 97.1 cm³/mol. The van der Waals surface area contributed by atoms with E-state index in [1.54, 1.807) is 41.9 Å². The Balaban J connectivity index is 1.46. The second kappa shape index (κ2) is 6.16. The maximum atomic E-state index is 12.7. The van der Waals surface area contributed by atoms with Gasteiger partial charge in [0.1, 0.15) is 24.0 Å². The average Bonchev–Trinajstić information content (AvgIpc) is 3.39. The summed E-state index contributed by atoms with van der Waals surface area (Å²) in [6.45, 7) is 2.01. The molecular formula is C20H15NO4S. The van der Waals surface area contributed by atoms with Crippen molar-refractivity contribution in [3.63, 3.8) is 0 Å². The lowest BCUT2D eigenvalue weighted by atomic mass is 10.0. The Labute approximate surface area is 154 Å². The molecule has 1 aromatic carbocycles. The lowest BCUT2D eigenvalue weighted by Crippen LogP contribution is -2.31. The molecule has 0 radical (unpaired) electrons. The number of hydrogen-bond donors (Lipinski definition) is 0. The number of benzene rings is 1. The van der Waals surface area contributed by atoms with Gasteiger partial charge in [-0.25, -0.2) is 0 Å². The zero-order valence-corrected chi connectivity index (χ0v) is 14.6. The summed E-state index contributed by atoms with van der Waals surface area (Å²) in [5.41, 5.74) is 1.49. The average molecular weight is 365 g/mol. The number of furan rings is 1. The maximum absolute atomic E-state index is 12.7. The molecule has 0 N–H and O–H groups in total. The second-order valence-electron chi connectivity index (χ2n) is 6.21. The quantitative estimate of drug-likeness (QED) is 0.648. The second-order valence-corrected chi connectivity index (χ2v) is 7.25. The number of carbonyl (C=O) groups excluding carboxylic acids is 1. The minimum atomic E-state index is -0.130. The van der Waals surface area contributed by atoms with Crippen molar-refractivity contribution in [3.8, 4) is 11.5 Å². The first-order valence-corrected chi connectivity index (χ1v) is 9.17. The van der Waals surface area contributed by atoms with Crippen molar-refractivity contribution in [3.05, 3.63) is 75.6 Å². The summed E-state index contributed by atoms with van der Waals surface area (Å²) in [6, 6.07) is 11.3. The molecule has 0 unspecified atom stereocenters. The highest BCUT2D eigenvalue weighted by atomic mass is 32.1. The van der Waals surface area contributed by atoms with Crippen LogP contribution in [0.3, 0.4) is 0 Å². The lowest BCUT2D eigenvalue weighted by molar-refractivity contribution is 0.0882. The molecule has 2 aromatic heterocycles. The summed E-state index contributed by atoms with van der Waals surface area (Å²) in [4.78, 5) is 16.1. The number of carbonyl (C=O) groups is 1. The minimum Gasteiger partial charge on any atom is -0.478 e. The number of rotatable bonds is 3. The van der Waals surface area contributed by atoms with Crippen molar-refractivity contribution >= 4 is 23.2 Å². The van der Waals surface area contributed by atoms with Gasteiger partial charge in [0.2, 0.25) is 5.78 Å². The van der Waals surface area contributed by atoms with Crippen LogP contribution >= 0.6 is 11.3 Å². The molecule has 0 amide bonds. The normalized spacial score (nSPS) is 17.7. The highest BCUT2D eigenvalue weighted by molar-refractivity contribution is 7.09. The van der Waals surface area contributed by atoms with Gasteiger partial charge in [-0.05, 0) is 35.7 Å². The Morgan fingerprint density at radius 1 is 1.19 bits per heavy atom. The Morgan fingerprint density at radius 3 is 2.96 bits per heavy atom. The van der Waals surface area contributed by atoms with Crippen LogP contribution < -0.4 is 9.47 Å². The van der Waals surface area contributed by atoms with Gasteiger partial charge in [-0.1, -0.05) is 6.07 Å². The van der Waals surface area contributed by atoms with E-state index < -0.39 is 0 Å². The zero-order chi connectivity index (χ0) is 17.5. The van der Waals surface area contributed by atoms with E-state index in [1.165, 1.54) is 4.88 Å². The molecule has 5 nitrogen and oxygen atoms in total. The first-order valence-electron chi connectivity index (χ1n) is 8.29. The first-order chi connectivity index (χ1) is 12.8. The number of ether oxygens (including phenoxy) is 2. The minimum absolute atomic E-state index is 0.130. The molecule has 2 aliphatic heterocycles. The molecule has 0 atom stereocenters. The highest BCUT2D eigenvalue weighted by Crippen LogP contribution is 2.42. The summed E-state index contributed by atoms with van der Waals surface area (Å²) in [5, 5.41) is 2.07. The molecule has 26 heavy (non-hydrogen) atoms. The fourth-order valence-corrected chi connectivity index (χ4v) is 3.98. The van der Waals surface area contributed by atoms with E-state index in [4.69, 9.17) is 13.9 Å². The molecular weight excluding hydrogens is 350 g/mol. The van der Waals surface area contributed by atoms with Crippen LogP contribution in [0.2, 0.25) is 0 Å². The fourth-order valence-electron chi connectivity index (χ4n) is 3.23. The predicted octanol–water partition coefficient (Wildman–Crippen LogP) is 4.31. The van der Waals surface area contributed by atoms with E-state index in [0.29, 0.717) is 30.3 Å². The largest absolute Gasteiger partial charge is 0.478 e. The van der Waals surface area contributed by atoms with Crippen LogP contribution in [0.15, 0.2) is 58.2 Å². The van der Waals surface area contributed by atoms with Gasteiger partial charge in [0.05, 0.1) is 17.4 Å². The lowest BCUT2D eigenvalue weighted by Gasteiger charge is -2.29. The maximum Gasteiger partial charge on any atom is 0.232 e. The molecule has 0 saturated carbocycles. The number of hydrogen-bond acceptors (Lipinski definition) is 6. The van der Waals surface area contributed by atoms with Crippen LogP contribution in [0.25, 0.3) is 6.08 Å². The molecule has 0 spiro atoms.